The van der Waals surface area contributed by atoms with Crippen molar-refractivity contribution in [2.75, 3.05) is 50.8 Å². The van der Waals surface area contributed by atoms with E-state index in [9.17, 15) is 4.79 Å². The van der Waals surface area contributed by atoms with Crippen LogP contribution in [0.3, 0.4) is 0 Å². The number of nitrogens with zero attached hydrogens (tertiary/aromatic N) is 4. The molecule has 0 radical (unpaired) electrons. The lowest BCUT2D eigenvalue weighted by atomic mass is 10.1. The van der Waals surface area contributed by atoms with E-state index in [-0.39, 0.29) is 12.4 Å². The second-order valence-electron chi connectivity index (χ2n) is 6.65. The third-order valence-electron chi connectivity index (χ3n) is 4.67. The minimum atomic E-state index is -0.216. The lowest BCUT2D eigenvalue weighted by molar-refractivity contribution is -0.142. The summed E-state index contributed by atoms with van der Waals surface area (Å²) in [5, 5.41) is 8.34. The number of carbonyl (C=O) groups is 1. The molecule has 9 heteroatoms. The second kappa shape index (κ2) is 10.6. The maximum atomic E-state index is 11.5. The summed E-state index contributed by atoms with van der Waals surface area (Å²) in [5.41, 5.74) is 1.74. The van der Waals surface area contributed by atoms with Crippen LogP contribution in [0.4, 0.5) is 5.69 Å². The van der Waals surface area contributed by atoms with Crippen LogP contribution < -0.4 is 9.64 Å². The SMILES string of the molecule is CCOC(=O)Cc1ccc(OCCN2CCN(c3cc(Cl)nnc3Cl)CC2)cc1. The van der Waals surface area contributed by atoms with Crippen LogP contribution in [-0.4, -0.2) is 67.0 Å². The standard InChI is InChI=1S/C20H24Cl2N4O3/c1-2-28-19(27)13-15-3-5-16(6-4-15)29-12-11-25-7-9-26(10-8-25)17-14-18(21)23-24-20(17)22/h3-6,14H,2,7-13H2,1H3. The van der Waals surface area contributed by atoms with Gasteiger partial charge in [-0.25, -0.2) is 0 Å². The van der Waals surface area contributed by atoms with Crippen LogP contribution in [0.2, 0.25) is 10.3 Å². The van der Waals surface area contributed by atoms with Gasteiger partial charge in [0.25, 0.3) is 0 Å². The molecule has 0 spiro atoms. The van der Waals surface area contributed by atoms with Crippen LogP contribution in [-0.2, 0) is 16.0 Å². The topological polar surface area (TPSA) is 67.8 Å². The van der Waals surface area contributed by atoms with Crippen LogP contribution in [0.5, 0.6) is 5.75 Å². The van der Waals surface area contributed by atoms with Gasteiger partial charge in [0, 0.05) is 38.8 Å². The Hall–Kier alpha value is -2.09. The number of hydrogen-bond acceptors (Lipinski definition) is 7. The van der Waals surface area contributed by atoms with Crippen molar-refractivity contribution in [1.29, 1.82) is 0 Å². The maximum absolute atomic E-state index is 11.5. The minimum Gasteiger partial charge on any atom is -0.492 e. The summed E-state index contributed by atoms with van der Waals surface area (Å²) < 4.78 is 10.8. The van der Waals surface area contributed by atoms with Gasteiger partial charge < -0.3 is 14.4 Å². The van der Waals surface area contributed by atoms with Crippen molar-refractivity contribution >= 4 is 34.9 Å². The van der Waals surface area contributed by atoms with E-state index in [1.54, 1.807) is 13.0 Å². The number of halogens is 2. The zero-order valence-electron chi connectivity index (χ0n) is 16.3. The first-order valence-corrected chi connectivity index (χ1v) is 10.3. The zero-order chi connectivity index (χ0) is 20.6. The molecule has 3 rings (SSSR count). The molecular weight excluding hydrogens is 415 g/mol. The Balaban J connectivity index is 1.39. The first-order valence-electron chi connectivity index (χ1n) is 9.58. The minimum absolute atomic E-state index is 0.216. The predicted octanol–water partition coefficient (Wildman–Crippen LogP) is 3.09. The van der Waals surface area contributed by atoms with E-state index >= 15 is 0 Å². The van der Waals surface area contributed by atoms with Crippen LogP contribution in [0.1, 0.15) is 12.5 Å². The highest BCUT2D eigenvalue weighted by atomic mass is 35.5. The molecule has 0 aliphatic carbocycles. The molecule has 0 atom stereocenters. The fourth-order valence-corrected chi connectivity index (χ4v) is 3.51. The highest BCUT2D eigenvalue weighted by Gasteiger charge is 2.20. The summed E-state index contributed by atoms with van der Waals surface area (Å²) >= 11 is 12.1. The van der Waals surface area contributed by atoms with Crippen molar-refractivity contribution in [3.63, 3.8) is 0 Å². The molecule has 1 aromatic heterocycles. The molecule has 2 aromatic rings. The van der Waals surface area contributed by atoms with Crippen molar-refractivity contribution in [1.82, 2.24) is 15.1 Å². The monoisotopic (exact) mass is 438 g/mol. The molecule has 156 valence electrons. The van der Waals surface area contributed by atoms with E-state index in [0.717, 1.165) is 49.7 Å². The van der Waals surface area contributed by atoms with Gasteiger partial charge in [-0.2, -0.15) is 0 Å². The number of aromatic nitrogens is 2. The van der Waals surface area contributed by atoms with Crippen LogP contribution in [0.15, 0.2) is 30.3 Å². The Morgan fingerprint density at radius 1 is 1.10 bits per heavy atom. The van der Waals surface area contributed by atoms with Crippen molar-refractivity contribution < 1.29 is 14.3 Å². The first-order chi connectivity index (χ1) is 14.0. The fraction of sp³-hybridized carbons (Fsp3) is 0.450. The summed E-state index contributed by atoms with van der Waals surface area (Å²) in [6.07, 6.45) is 0.278. The highest BCUT2D eigenvalue weighted by Crippen LogP contribution is 2.26. The van der Waals surface area contributed by atoms with Crippen molar-refractivity contribution in [3.05, 3.63) is 46.2 Å². The summed E-state index contributed by atoms with van der Waals surface area (Å²) in [5.74, 6) is 0.576. The number of ether oxygens (including phenoxy) is 2. The first kappa shape index (κ1) is 21.6. The maximum Gasteiger partial charge on any atom is 0.310 e. The smallest absolute Gasteiger partial charge is 0.310 e. The molecule has 1 fully saturated rings. The number of carbonyl (C=O) groups excluding carboxylic acids is 1. The third kappa shape index (κ3) is 6.45. The molecule has 2 heterocycles. The number of benzene rings is 1. The molecule has 29 heavy (non-hydrogen) atoms. The summed E-state index contributed by atoms with van der Waals surface area (Å²) in [4.78, 5) is 16.0. The molecule has 1 saturated heterocycles. The van der Waals surface area contributed by atoms with E-state index < -0.39 is 0 Å². The largest absolute Gasteiger partial charge is 0.492 e. The summed E-state index contributed by atoms with van der Waals surface area (Å²) in [6.45, 7) is 7.11. The zero-order valence-corrected chi connectivity index (χ0v) is 17.8. The number of piperazine rings is 1. The second-order valence-corrected chi connectivity index (χ2v) is 7.39. The van der Waals surface area contributed by atoms with Gasteiger partial charge in [-0.3, -0.25) is 9.69 Å². The summed E-state index contributed by atoms with van der Waals surface area (Å²) in [6, 6.07) is 9.30. The van der Waals surface area contributed by atoms with Gasteiger partial charge in [-0.15, -0.1) is 10.2 Å². The van der Waals surface area contributed by atoms with Crippen LogP contribution >= 0.6 is 23.2 Å². The molecule has 1 aromatic carbocycles. The number of anilines is 1. The Kier molecular flexibility index (Phi) is 7.91. The van der Waals surface area contributed by atoms with Gasteiger partial charge in [0.1, 0.15) is 12.4 Å². The van der Waals surface area contributed by atoms with E-state index in [1.807, 2.05) is 24.3 Å². The van der Waals surface area contributed by atoms with Crippen LogP contribution in [0.25, 0.3) is 0 Å². The Labute approximate surface area is 180 Å². The van der Waals surface area contributed by atoms with Crippen molar-refractivity contribution in [2.45, 2.75) is 13.3 Å². The molecule has 1 aliphatic heterocycles. The van der Waals surface area contributed by atoms with Gasteiger partial charge in [0.2, 0.25) is 0 Å². The van der Waals surface area contributed by atoms with E-state index in [4.69, 9.17) is 32.7 Å². The average Bonchev–Trinajstić information content (AvgIpc) is 2.72. The highest BCUT2D eigenvalue weighted by molar-refractivity contribution is 6.33. The number of hydrogen-bond donors (Lipinski definition) is 0. The van der Waals surface area contributed by atoms with Crippen molar-refractivity contribution in [3.8, 4) is 5.75 Å². The van der Waals surface area contributed by atoms with Gasteiger partial charge in [-0.1, -0.05) is 35.3 Å². The molecule has 7 nitrogen and oxygen atoms in total. The van der Waals surface area contributed by atoms with Gasteiger partial charge in [-0.05, 0) is 24.6 Å². The number of rotatable bonds is 8. The van der Waals surface area contributed by atoms with E-state index in [2.05, 4.69) is 20.0 Å². The lowest BCUT2D eigenvalue weighted by Gasteiger charge is -2.36. The third-order valence-corrected chi connectivity index (χ3v) is 5.12. The molecule has 0 amide bonds. The van der Waals surface area contributed by atoms with E-state index in [0.29, 0.717) is 23.5 Å². The Morgan fingerprint density at radius 3 is 2.52 bits per heavy atom. The molecular formula is C20H24Cl2N4O3. The summed E-state index contributed by atoms with van der Waals surface area (Å²) in [7, 11) is 0. The Morgan fingerprint density at radius 2 is 1.83 bits per heavy atom. The van der Waals surface area contributed by atoms with Crippen LogP contribution in [0, 0.1) is 0 Å². The van der Waals surface area contributed by atoms with E-state index in [1.165, 1.54) is 0 Å². The van der Waals surface area contributed by atoms with Gasteiger partial charge >= 0.3 is 5.97 Å². The normalized spacial score (nSPS) is 14.7. The lowest BCUT2D eigenvalue weighted by Crippen LogP contribution is -2.47. The Bertz CT molecular complexity index is 812. The van der Waals surface area contributed by atoms with Gasteiger partial charge in [0.05, 0.1) is 18.7 Å². The molecule has 0 bridgehead atoms. The fourth-order valence-electron chi connectivity index (χ4n) is 3.15. The molecule has 1 aliphatic rings. The average molecular weight is 439 g/mol. The molecule has 0 N–H and O–H groups in total. The van der Waals surface area contributed by atoms with Gasteiger partial charge in [0.15, 0.2) is 10.3 Å². The molecule has 0 saturated carbocycles. The molecule has 0 unspecified atom stereocenters. The number of esters is 1. The van der Waals surface area contributed by atoms with Crippen molar-refractivity contribution in [2.24, 2.45) is 0 Å². The quantitative estimate of drug-likeness (QED) is 0.586. The predicted molar refractivity (Wildman–Crippen MR) is 113 cm³/mol.